The molecule has 1 aromatic carbocycles. The number of aliphatic hydroxyl groups is 2. The van der Waals surface area contributed by atoms with Gasteiger partial charge >= 0.3 is 0 Å². The van der Waals surface area contributed by atoms with E-state index < -0.39 is 30.6 Å². The van der Waals surface area contributed by atoms with E-state index in [-0.39, 0.29) is 6.61 Å². The summed E-state index contributed by atoms with van der Waals surface area (Å²) in [7, 11) is 2.88. The molecule has 2 N–H and O–H groups in total. The Morgan fingerprint density at radius 2 is 1.57 bits per heavy atom. The topological polar surface area (TPSA) is 127 Å². The molecule has 0 radical (unpaired) electrons. The molecule has 5 unspecified atom stereocenters. The maximum Gasteiger partial charge on any atom is 0.183 e. The van der Waals surface area contributed by atoms with Crippen molar-refractivity contribution in [3.63, 3.8) is 0 Å². The highest BCUT2D eigenvalue weighted by molar-refractivity contribution is 5.78. The van der Waals surface area contributed by atoms with Crippen molar-refractivity contribution in [2.75, 3.05) is 73.7 Å². The summed E-state index contributed by atoms with van der Waals surface area (Å²) in [5.41, 5.74) is 0.760. The smallest absolute Gasteiger partial charge is 0.183 e. The summed E-state index contributed by atoms with van der Waals surface area (Å²) in [6.45, 7) is 3.23. The van der Waals surface area contributed by atoms with Gasteiger partial charge in [0.1, 0.15) is 37.6 Å². The first-order chi connectivity index (χ1) is 17.2. The van der Waals surface area contributed by atoms with Gasteiger partial charge < -0.3 is 48.1 Å². The van der Waals surface area contributed by atoms with E-state index in [1.54, 1.807) is 18.2 Å². The third kappa shape index (κ3) is 8.25. The summed E-state index contributed by atoms with van der Waals surface area (Å²) in [5.74, 6) is 3.99. The van der Waals surface area contributed by atoms with Gasteiger partial charge in [-0.3, -0.25) is 0 Å². The zero-order chi connectivity index (χ0) is 24.9. The molecule has 0 bridgehead atoms. The summed E-state index contributed by atoms with van der Waals surface area (Å²) in [6.07, 6.45) is -1.72. The van der Waals surface area contributed by atoms with Crippen LogP contribution in [0.5, 0.6) is 11.5 Å². The van der Waals surface area contributed by atoms with Crippen molar-refractivity contribution in [3.05, 3.63) is 23.8 Å². The molecule has 2 heterocycles. The van der Waals surface area contributed by atoms with Gasteiger partial charge in [0.25, 0.3) is 0 Å². The minimum absolute atomic E-state index is 0.316. The number of aliphatic hydroxyl groups excluding tert-OH is 2. The van der Waals surface area contributed by atoms with Gasteiger partial charge in [-0.15, -0.1) is 0 Å². The molecule has 35 heavy (non-hydrogen) atoms. The normalized spacial score (nSPS) is 28.7. The van der Waals surface area contributed by atoms with Crippen molar-refractivity contribution >= 4 is 11.9 Å². The average Bonchev–Trinajstić information content (AvgIpc) is 2.88. The van der Waals surface area contributed by atoms with Gasteiger partial charge in [0, 0.05) is 20.3 Å². The van der Waals surface area contributed by atoms with Crippen molar-refractivity contribution in [1.29, 1.82) is 0 Å². The quantitative estimate of drug-likeness (QED) is 0.549. The molecule has 11 nitrogen and oxygen atoms in total. The zero-order valence-electron chi connectivity index (χ0n) is 20.2. The summed E-state index contributed by atoms with van der Waals surface area (Å²) in [6, 6.07) is 4.66. The van der Waals surface area contributed by atoms with E-state index in [2.05, 4.69) is 10.9 Å². The van der Waals surface area contributed by atoms with Crippen LogP contribution in [0.25, 0.3) is 6.08 Å². The molecule has 2 aliphatic rings. The van der Waals surface area contributed by atoms with Crippen LogP contribution in [-0.2, 0) is 28.4 Å². The first-order valence-corrected chi connectivity index (χ1v) is 11.6. The molecule has 0 amide bonds. The predicted molar refractivity (Wildman–Crippen MR) is 125 cm³/mol. The van der Waals surface area contributed by atoms with Crippen LogP contribution in [0.3, 0.4) is 0 Å². The molecule has 2 aliphatic heterocycles. The lowest BCUT2D eigenvalue weighted by atomic mass is 9.97. The minimum Gasteiger partial charge on any atom is -0.487 e. The van der Waals surface area contributed by atoms with Crippen LogP contribution in [0.15, 0.2) is 23.2 Å². The third-order valence-electron chi connectivity index (χ3n) is 5.46. The summed E-state index contributed by atoms with van der Waals surface area (Å²) < 4.78 is 44.4. The SMILES string of the molecule is COC1OC(CO)C(OC)C(O)C1N=C=Cc1ccc2c(c1)OCCOCCOCCOCCO2. The molecular weight excluding hydrogens is 462 g/mol. The van der Waals surface area contributed by atoms with Crippen molar-refractivity contribution in [1.82, 2.24) is 0 Å². The average molecular weight is 498 g/mol. The number of nitrogens with zero attached hydrogens (tertiary/aromatic N) is 1. The predicted octanol–water partition coefficient (Wildman–Crippen LogP) is 0.299. The summed E-state index contributed by atoms with van der Waals surface area (Å²) in [5, 5.41) is 20.2. The first kappa shape index (κ1) is 27.5. The molecule has 0 aromatic heterocycles. The van der Waals surface area contributed by atoms with Crippen molar-refractivity contribution in [2.45, 2.75) is 30.6 Å². The summed E-state index contributed by atoms with van der Waals surface area (Å²) in [4.78, 5) is 4.32. The number of hydrogen-bond donors (Lipinski definition) is 2. The van der Waals surface area contributed by atoms with Crippen LogP contribution in [0.1, 0.15) is 5.56 Å². The lowest BCUT2D eigenvalue weighted by molar-refractivity contribution is -0.262. The standard InChI is InChI=1S/C24H35NO10/c1-28-23-20(16-26)35-24(29-2)21(22(23)27)25-6-5-17-3-4-18-19(15-17)34-14-12-32-10-8-30-7-9-31-11-13-33-18/h3-5,15,20-24,26-27H,7-14,16H2,1-2H3. The molecule has 196 valence electrons. The van der Waals surface area contributed by atoms with Gasteiger partial charge in [0.05, 0.1) is 46.2 Å². The van der Waals surface area contributed by atoms with Crippen molar-refractivity contribution in [2.24, 2.45) is 4.99 Å². The highest BCUT2D eigenvalue weighted by Crippen LogP contribution is 2.29. The Morgan fingerprint density at radius 3 is 2.17 bits per heavy atom. The molecule has 1 aromatic rings. The number of rotatable bonds is 5. The Kier molecular flexibility index (Phi) is 11.9. The van der Waals surface area contributed by atoms with Crippen LogP contribution in [0.4, 0.5) is 0 Å². The van der Waals surface area contributed by atoms with Crippen LogP contribution >= 0.6 is 0 Å². The zero-order valence-corrected chi connectivity index (χ0v) is 20.2. The summed E-state index contributed by atoms with van der Waals surface area (Å²) >= 11 is 0. The van der Waals surface area contributed by atoms with E-state index in [0.717, 1.165) is 5.56 Å². The van der Waals surface area contributed by atoms with E-state index in [1.165, 1.54) is 14.2 Å². The molecular formula is C24H35NO10. The molecule has 11 heteroatoms. The number of hydrogen-bond acceptors (Lipinski definition) is 11. The third-order valence-corrected chi connectivity index (χ3v) is 5.46. The number of ether oxygens (including phenoxy) is 8. The Bertz CT molecular complexity index is 815. The molecule has 1 fully saturated rings. The Balaban J connectivity index is 1.72. The maximum absolute atomic E-state index is 10.7. The van der Waals surface area contributed by atoms with Crippen LogP contribution in [0.2, 0.25) is 0 Å². The molecule has 3 rings (SSSR count). The second-order valence-electron chi connectivity index (χ2n) is 7.79. The van der Waals surface area contributed by atoms with Gasteiger partial charge in [-0.2, -0.15) is 0 Å². The molecule has 0 spiro atoms. The highest BCUT2D eigenvalue weighted by atomic mass is 16.7. The highest BCUT2D eigenvalue weighted by Gasteiger charge is 2.45. The van der Waals surface area contributed by atoms with Crippen LogP contribution in [0, 0.1) is 0 Å². The number of methoxy groups -OCH3 is 2. The second-order valence-corrected chi connectivity index (χ2v) is 7.79. The van der Waals surface area contributed by atoms with Gasteiger partial charge in [-0.05, 0) is 23.6 Å². The first-order valence-electron chi connectivity index (χ1n) is 11.6. The van der Waals surface area contributed by atoms with Gasteiger partial charge in [-0.25, -0.2) is 4.99 Å². The minimum atomic E-state index is -1.05. The Morgan fingerprint density at radius 1 is 0.943 bits per heavy atom. The fraction of sp³-hybridized carbons (Fsp3) is 0.667. The molecule has 1 saturated heterocycles. The maximum atomic E-state index is 10.7. The fourth-order valence-corrected chi connectivity index (χ4v) is 3.68. The van der Waals surface area contributed by atoms with Gasteiger partial charge in [0.15, 0.2) is 17.8 Å². The second kappa shape index (κ2) is 15.1. The van der Waals surface area contributed by atoms with Crippen LogP contribution < -0.4 is 9.47 Å². The van der Waals surface area contributed by atoms with Gasteiger partial charge in [0.2, 0.25) is 0 Å². The van der Waals surface area contributed by atoms with E-state index >= 15 is 0 Å². The van der Waals surface area contributed by atoms with E-state index in [0.29, 0.717) is 64.4 Å². The number of aliphatic imine (C=N–C) groups is 1. The Labute approximate surface area is 205 Å². The van der Waals surface area contributed by atoms with E-state index in [1.807, 2.05) is 6.07 Å². The molecule has 0 aliphatic carbocycles. The largest absolute Gasteiger partial charge is 0.487 e. The number of benzene rings is 1. The Hall–Kier alpha value is -2.05. The van der Waals surface area contributed by atoms with Crippen molar-refractivity contribution in [3.8, 4) is 11.5 Å². The van der Waals surface area contributed by atoms with E-state index in [4.69, 9.17) is 37.9 Å². The monoisotopic (exact) mass is 497 g/mol. The molecule has 0 saturated carbocycles. The van der Waals surface area contributed by atoms with E-state index in [9.17, 15) is 10.2 Å². The molecule has 5 atom stereocenters. The lowest BCUT2D eigenvalue weighted by Gasteiger charge is -2.40. The van der Waals surface area contributed by atoms with Gasteiger partial charge in [-0.1, -0.05) is 6.07 Å². The number of fused-ring (bicyclic) bond motifs is 1. The lowest BCUT2D eigenvalue weighted by Crippen LogP contribution is -2.58. The fourth-order valence-electron chi connectivity index (χ4n) is 3.68. The van der Waals surface area contributed by atoms with Crippen molar-refractivity contribution < 1.29 is 48.1 Å². The van der Waals surface area contributed by atoms with Crippen LogP contribution in [-0.4, -0.2) is 120 Å².